The molecule has 1 saturated heterocycles. The Kier molecular flexibility index (Phi) is 8.77. The van der Waals surface area contributed by atoms with E-state index in [4.69, 9.17) is 42.1 Å². The van der Waals surface area contributed by atoms with Crippen molar-refractivity contribution in [3.8, 4) is 11.5 Å². The molecule has 3 rings (SSSR count). The molecule has 1 heterocycles. The molecule has 5 atom stereocenters. The third-order valence-electron chi connectivity index (χ3n) is 5.22. The van der Waals surface area contributed by atoms with E-state index in [0.29, 0.717) is 0 Å². The van der Waals surface area contributed by atoms with Crippen LogP contribution in [0.4, 0.5) is 0 Å². The van der Waals surface area contributed by atoms with Gasteiger partial charge in [0.25, 0.3) is 5.91 Å². The Morgan fingerprint density at radius 1 is 1.12 bits per heavy atom. The van der Waals surface area contributed by atoms with Crippen LogP contribution in [0.15, 0.2) is 36.4 Å². The van der Waals surface area contributed by atoms with Crippen LogP contribution in [0.25, 0.3) is 0 Å². The SMILES string of the molecule is COc1c(C(=O)N[C@H]2[C@@H](OC)O[C@H](CO)[C@@H](O)[C@@H]2O)cc(Cl)c(OCc2ccccc2)c1Cl. The largest absolute Gasteiger partial charge is 0.494 e. The summed E-state index contributed by atoms with van der Waals surface area (Å²) in [6, 6.07) is 9.54. The van der Waals surface area contributed by atoms with E-state index in [-0.39, 0.29) is 33.7 Å². The van der Waals surface area contributed by atoms with Gasteiger partial charge in [-0.1, -0.05) is 53.5 Å². The van der Waals surface area contributed by atoms with Crippen LogP contribution in [-0.4, -0.2) is 72.7 Å². The molecule has 11 heteroatoms. The van der Waals surface area contributed by atoms with E-state index < -0.39 is 43.2 Å². The predicted molar refractivity (Wildman–Crippen MR) is 120 cm³/mol. The summed E-state index contributed by atoms with van der Waals surface area (Å²) in [6.45, 7) is -0.345. The second kappa shape index (κ2) is 11.3. The van der Waals surface area contributed by atoms with Gasteiger partial charge in [-0.15, -0.1) is 0 Å². The molecule has 0 radical (unpaired) electrons. The fourth-order valence-corrected chi connectivity index (χ4v) is 4.12. The normalized spacial score (nSPS) is 24.9. The van der Waals surface area contributed by atoms with Gasteiger partial charge in [-0.05, 0) is 11.6 Å². The van der Waals surface area contributed by atoms with E-state index in [2.05, 4.69) is 5.32 Å². The highest BCUT2D eigenvalue weighted by Gasteiger charge is 2.45. The summed E-state index contributed by atoms with van der Waals surface area (Å²) in [5.41, 5.74) is 0.863. The Morgan fingerprint density at radius 2 is 1.82 bits per heavy atom. The lowest BCUT2D eigenvalue weighted by atomic mass is 9.96. The van der Waals surface area contributed by atoms with Crippen LogP contribution in [-0.2, 0) is 16.1 Å². The number of carbonyl (C=O) groups is 1. The second-order valence-corrected chi connectivity index (χ2v) is 8.08. The molecule has 1 aliphatic rings. The van der Waals surface area contributed by atoms with Crippen molar-refractivity contribution < 1.29 is 39.1 Å². The van der Waals surface area contributed by atoms with Gasteiger partial charge in [-0.25, -0.2) is 0 Å². The van der Waals surface area contributed by atoms with Crippen LogP contribution < -0.4 is 14.8 Å². The first kappa shape index (κ1) is 25.5. The molecule has 180 valence electrons. The molecule has 0 aromatic heterocycles. The molecule has 2 aromatic rings. The van der Waals surface area contributed by atoms with Crippen molar-refractivity contribution in [2.24, 2.45) is 0 Å². The highest BCUT2D eigenvalue weighted by atomic mass is 35.5. The number of hydrogen-bond acceptors (Lipinski definition) is 8. The van der Waals surface area contributed by atoms with Crippen molar-refractivity contribution in [1.82, 2.24) is 5.32 Å². The molecule has 1 aliphatic heterocycles. The number of aliphatic hydroxyl groups excluding tert-OH is 3. The van der Waals surface area contributed by atoms with Crippen LogP contribution in [0.3, 0.4) is 0 Å². The first-order valence-electron chi connectivity index (χ1n) is 10.0. The van der Waals surface area contributed by atoms with Crippen molar-refractivity contribution >= 4 is 29.1 Å². The molecule has 0 aliphatic carbocycles. The van der Waals surface area contributed by atoms with Crippen molar-refractivity contribution in [3.05, 3.63) is 57.6 Å². The van der Waals surface area contributed by atoms with E-state index >= 15 is 0 Å². The minimum Gasteiger partial charge on any atom is -0.494 e. The molecule has 1 amide bonds. The smallest absolute Gasteiger partial charge is 0.255 e. The Bertz CT molecular complexity index is 959. The summed E-state index contributed by atoms with van der Waals surface area (Å²) in [7, 11) is 2.63. The summed E-state index contributed by atoms with van der Waals surface area (Å²) in [6.07, 6.45) is -5.13. The summed E-state index contributed by atoms with van der Waals surface area (Å²) in [4.78, 5) is 13.1. The Labute approximate surface area is 200 Å². The zero-order chi connectivity index (χ0) is 24.1. The van der Waals surface area contributed by atoms with Crippen LogP contribution in [0.5, 0.6) is 11.5 Å². The standard InChI is InChI=1S/C22H25Cl2NO8/c1-30-19-12(8-13(23)20(15(19)24)32-10-11-6-4-3-5-7-11)21(29)25-16-18(28)17(27)14(9-26)33-22(16)31-2/h3-8,14,16-18,22,26-28H,9-10H2,1-2H3,(H,25,29)/t14-,16-,17-,18-,22+/m1/s1. The zero-order valence-electron chi connectivity index (χ0n) is 17.9. The minimum atomic E-state index is -1.48. The minimum absolute atomic E-state index is 0.00445. The predicted octanol–water partition coefficient (Wildman–Crippen LogP) is 1.76. The summed E-state index contributed by atoms with van der Waals surface area (Å²) < 4.78 is 21.7. The maximum Gasteiger partial charge on any atom is 0.255 e. The molecule has 9 nitrogen and oxygen atoms in total. The number of halogens is 2. The van der Waals surface area contributed by atoms with Gasteiger partial charge in [0.1, 0.15) is 36.0 Å². The first-order chi connectivity index (χ1) is 15.8. The van der Waals surface area contributed by atoms with Crippen LogP contribution >= 0.6 is 23.2 Å². The third kappa shape index (κ3) is 5.52. The lowest BCUT2D eigenvalue weighted by molar-refractivity contribution is -0.261. The van der Waals surface area contributed by atoms with Crippen molar-refractivity contribution in [2.75, 3.05) is 20.8 Å². The van der Waals surface area contributed by atoms with Gasteiger partial charge in [-0.2, -0.15) is 0 Å². The summed E-state index contributed by atoms with van der Waals surface area (Å²) in [5, 5.41) is 32.5. The Balaban J connectivity index is 1.84. The second-order valence-electron chi connectivity index (χ2n) is 7.30. The Hall–Kier alpha value is -2.11. The molecule has 2 aromatic carbocycles. The number of nitrogens with one attached hydrogen (secondary N) is 1. The number of amides is 1. The highest BCUT2D eigenvalue weighted by molar-refractivity contribution is 6.39. The number of aliphatic hydroxyl groups is 3. The van der Waals surface area contributed by atoms with Crippen molar-refractivity contribution in [1.29, 1.82) is 0 Å². The average Bonchev–Trinajstić information content (AvgIpc) is 2.82. The molecule has 1 fully saturated rings. The first-order valence-corrected chi connectivity index (χ1v) is 10.8. The van der Waals surface area contributed by atoms with Gasteiger partial charge in [0.05, 0.1) is 24.3 Å². The fourth-order valence-electron chi connectivity index (χ4n) is 3.48. The number of methoxy groups -OCH3 is 2. The lowest BCUT2D eigenvalue weighted by Crippen LogP contribution is -2.64. The van der Waals surface area contributed by atoms with Crippen LogP contribution in [0.2, 0.25) is 10.0 Å². The quantitative estimate of drug-likeness (QED) is 0.431. The molecule has 33 heavy (non-hydrogen) atoms. The number of rotatable bonds is 8. The fraction of sp³-hybridized carbons (Fsp3) is 0.409. The molecule has 4 N–H and O–H groups in total. The van der Waals surface area contributed by atoms with E-state index in [1.807, 2.05) is 30.3 Å². The molecule has 0 bridgehead atoms. The number of carbonyl (C=O) groups excluding carboxylic acids is 1. The number of ether oxygens (including phenoxy) is 4. The number of hydrogen-bond donors (Lipinski definition) is 4. The molecule has 0 saturated carbocycles. The summed E-state index contributed by atoms with van der Waals surface area (Å²) >= 11 is 12.8. The molecular weight excluding hydrogens is 477 g/mol. The summed E-state index contributed by atoms with van der Waals surface area (Å²) in [5.74, 6) is -0.558. The van der Waals surface area contributed by atoms with Gasteiger partial charge in [0, 0.05) is 7.11 Å². The molecule has 0 unspecified atom stereocenters. The van der Waals surface area contributed by atoms with E-state index in [1.165, 1.54) is 20.3 Å². The monoisotopic (exact) mass is 501 g/mol. The number of benzene rings is 2. The van der Waals surface area contributed by atoms with Gasteiger partial charge in [-0.3, -0.25) is 4.79 Å². The van der Waals surface area contributed by atoms with E-state index in [9.17, 15) is 20.1 Å². The van der Waals surface area contributed by atoms with E-state index in [1.54, 1.807) is 0 Å². The lowest BCUT2D eigenvalue weighted by Gasteiger charge is -2.41. The van der Waals surface area contributed by atoms with Crippen molar-refractivity contribution in [3.63, 3.8) is 0 Å². The topological polar surface area (TPSA) is 127 Å². The maximum atomic E-state index is 13.1. The van der Waals surface area contributed by atoms with Crippen molar-refractivity contribution in [2.45, 2.75) is 37.3 Å². The third-order valence-corrected chi connectivity index (χ3v) is 5.84. The van der Waals surface area contributed by atoms with Crippen LogP contribution in [0, 0.1) is 0 Å². The molecule has 0 spiro atoms. The zero-order valence-corrected chi connectivity index (χ0v) is 19.4. The van der Waals surface area contributed by atoms with Gasteiger partial charge < -0.3 is 39.6 Å². The highest BCUT2D eigenvalue weighted by Crippen LogP contribution is 2.43. The van der Waals surface area contributed by atoms with Gasteiger partial charge in [0.15, 0.2) is 17.8 Å². The van der Waals surface area contributed by atoms with Crippen LogP contribution in [0.1, 0.15) is 15.9 Å². The molecular formula is C22H25Cl2NO8. The average molecular weight is 502 g/mol. The Morgan fingerprint density at radius 3 is 2.42 bits per heavy atom. The maximum absolute atomic E-state index is 13.1. The van der Waals surface area contributed by atoms with Gasteiger partial charge in [0.2, 0.25) is 0 Å². The van der Waals surface area contributed by atoms with E-state index in [0.717, 1.165) is 5.56 Å². The van der Waals surface area contributed by atoms with Gasteiger partial charge >= 0.3 is 0 Å².